The Morgan fingerprint density at radius 2 is 2.23 bits per heavy atom. The SMILES string of the molecule is COCCOc1cccc(NCc2cnc(C3CCC3)s2)c1. The first-order valence-corrected chi connectivity index (χ1v) is 8.57. The van der Waals surface area contributed by atoms with Crippen LogP contribution in [0.25, 0.3) is 0 Å². The minimum Gasteiger partial charge on any atom is -0.491 e. The van der Waals surface area contributed by atoms with Crippen LogP contribution in [0.2, 0.25) is 0 Å². The summed E-state index contributed by atoms with van der Waals surface area (Å²) in [6.07, 6.45) is 5.97. The maximum Gasteiger partial charge on any atom is 0.121 e. The van der Waals surface area contributed by atoms with Crippen molar-refractivity contribution in [3.05, 3.63) is 40.3 Å². The Morgan fingerprint density at radius 3 is 3.00 bits per heavy atom. The molecule has 0 aliphatic heterocycles. The number of benzene rings is 1. The standard InChI is InChI=1S/C17H22N2O2S/c1-20-8-9-21-15-7-3-6-14(10-15)18-11-16-12-19-17(22-16)13-4-2-5-13/h3,6-7,10,12-13,18H,2,4-5,8-9,11H2,1H3. The fraction of sp³-hybridized carbons (Fsp3) is 0.471. The Balaban J connectivity index is 1.52. The van der Waals surface area contributed by atoms with Crippen LogP contribution in [0.1, 0.15) is 35.1 Å². The normalized spacial score (nSPS) is 14.6. The van der Waals surface area contributed by atoms with Crippen LogP contribution in [-0.2, 0) is 11.3 Å². The average molecular weight is 318 g/mol. The molecule has 1 aliphatic rings. The van der Waals surface area contributed by atoms with Crippen LogP contribution in [0.3, 0.4) is 0 Å². The van der Waals surface area contributed by atoms with Crippen LogP contribution in [0.4, 0.5) is 5.69 Å². The van der Waals surface area contributed by atoms with Crippen molar-refractivity contribution in [3.8, 4) is 5.75 Å². The second kappa shape index (κ2) is 7.61. The summed E-state index contributed by atoms with van der Waals surface area (Å²) in [5, 5.41) is 4.74. The van der Waals surface area contributed by atoms with E-state index in [1.165, 1.54) is 29.1 Å². The van der Waals surface area contributed by atoms with E-state index in [0.29, 0.717) is 13.2 Å². The zero-order valence-electron chi connectivity index (χ0n) is 12.9. The third-order valence-corrected chi connectivity index (χ3v) is 5.04. The lowest BCUT2D eigenvalue weighted by molar-refractivity contribution is 0.146. The molecule has 1 saturated carbocycles. The monoisotopic (exact) mass is 318 g/mol. The molecule has 1 heterocycles. The summed E-state index contributed by atoms with van der Waals surface area (Å²) >= 11 is 1.84. The molecule has 0 saturated heterocycles. The molecule has 0 atom stereocenters. The second-order valence-corrected chi connectivity index (χ2v) is 6.66. The first-order chi connectivity index (χ1) is 10.8. The zero-order chi connectivity index (χ0) is 15.2. The van der Waals surface area contributed by atoms with Gasteiger partial charge in [-0.25, -0.2) is 4.98 Å². The molecular formula is C17H22N2O2S. The maximum atomic E-state index is 5.62. The molecule has 22 heavy (non-hydrogen) atoms. The van der Waals surface area contributed by atoms with E-state index in [4.69, 9.17) is 9.47 Å². The Kier molecular flexibility index (Phi) is 5.29. The number of ether oxygens (including phenoxy) is 2. The van der Waals surface area contributed by atoms with Crippen LogP contribution in [0.15, 0.2) is 30.5 Å². The van der Waals surface area contributed by atoms with Gasteiger partial charge in [0.1, 0.15) is 12.4 Å². The third-order valence-electron chi connectivity index (χ3n) is 3.88. The molecule has 0 amide bonds. The molecular weight excluding hydrogens is 296 g/mol. The van der Waals surface area contributed by atoms with Gasteiger partial charge in [-0.05, 0) is 25.0 Å². The van der Waals surface area contributed by atoms with Gasteiger partial charge in [-0.3, -0.25) is 0 Å². The number of anilines is 1. The van der Waals surface area contributed by atoms with Gasteiger partial charge in [0.25, 0.3) is 0 Å². The van der Waals surface area contributed by atoms with Crippen molar-refractivity contribution >= 4 is 17.0 Å². The number of nitrogens with one attached hydrogen (secondary N) is 1. The Bertz CT molecular complexity index is 596. The van der Waals surface area contributed by atoms with E-state index in [1.54, 1.807) is 7.11 Å². The van der Waals surface area contributed by atoms with E-state index in [1.807, 2.05) is 35.7 Å². The molecule has 5 heteroatoms. The molecule has 0 spiro atoms. The van der Waals surface area contributed by atoms with Crippen molar-refractivity contribution in [2.45, 2.75) is 31.7 Å². The van der Waals surface area contributed by atoms with E-state index in [-0.39, 0.29) is 0 Å². The summed E-state index contributed by atoms with van der Waals surface area (Å²) in [6, 6.07) is 8.03. The van der Waals surface area contributed by atoms with E-state index < -0.39 is 0 Å². The van der Waals surface area contributed by atoms with Crippen molar-refractivity contribution < 1.29 is 9.47 Å². The maximum absolute atomic E-state index is 5.62. The van der Waals surface area contributed by atoms with Gasteiger partial charge in [-0.2, -0.15) is 0 Å². The summed E-state index contributed by atoms with van der Waals surface area (Å²) in [4.78, 5) is 5.84. The van der Waals surface area contributed by atoms with Crippen molar-refractivity contribution in [1.82, 2.24) is 4.98 Å². The van der Waals surface area contributed by atoms with Crippen molar-refractivity contribution in [1.29, 1.82) is 0 Å². The number of thiazole rings is 1. The quantitative estimate of drug-likeness (QED) is 0.746. The summed E-state index contributed by atoms with van der Waals surface area (Å²) < 4.78 is 10.6. The number of methoxy groups -OCH3 is 1. The fourth-order valence-electron chi connectivity index (χ4n) is 2.38. The molecule has 1 aromatic heterocycles. The van der Waals surface area contributed by atoms with Gasteiger partial charge >= 0.3 is 0 Å². The molecule has 1 aromatic carbocycles. The molecule has 0 radical (unpaired) electrons. The third kappa shape index (κ3) is 3.99. The second-order valence-electron chi connectivity index (χ2n) is 5.52. The van der Waals surface area contributed by atoms with Gasteiger partial charge in [0.15, 0.2) is 0 Å². The van der Waals surface area contributed by atoms with Gasteiger partial charge in [-0.15, -0.1) is 11.3 Å². The Morgan fingerprint density at radius 1 is 1.32 bits per heavy atom. The van der Waals surface area contributed by atoms with Crippen molar-refractivity contribution in [2.24, 2.45) is 0 Å². The van der Waals surface area contributed by atoms with E-state index in [2.05, 4.69) is 16.4 Å². The lowest BCUT2D eigenvalue weighted by Crippen LogP contribution is -2.07. The largest absolute Gasteiger partial charge is 0.491 e. The van der Waals surface area contributed by atoms with Crippen LogP contribution >= 0.6 is 11.3 Å². The van der Waals surface area contributed by atoms with Crippen LogP contribution < -0.4 is 10.1 Å². The molecule has 1 fully saturated rings. The highest BCUT2D eigenvalue weighted by molar-refractivity contribution is 7.11. The predicted octanol–water partition coefficient (Wildman–Crippen LogP) is 4.05. The Labute approximate surface area is 135 Å². The number of hydrogen-bond acceptors (Lipinski definition) is 5. The first kappa shape index (κ1) is 15.3. The molecule has 2 aromatic rings. The van der Waals surface area contributed by atoms with Gasteiger partial charge in [0.2, 0.25) is 0 Å². The molecule has 118 valence electrons. The van der Waals surface area contributed by atoms with Crippen molar-refractivity contribution in [2.75, 3.05) is 25.6 Å². The number of nitrogens with zero attached hydrogens (tertiary/aromatic N) is 1. The van der Waals surface area contributed by atoms with Crippen LogP contribution in [0, 0.1) is 0 Å². The minimum atomic E-state index is 0.569. The highest BCUT2D eigenvalue weighted by Crippen LogP contribution is 2.38. The van der Waals surface area contributed by atoms with E-state index in [0.717, 1.165) is 23.9 Å². The molecule has 0 bridgehead atoms. The Hall–Kier alpha value is -1.59. The van der Waals surface area contributed by atoms with E-state index in [9.17, 15) is 0 Å². The van der Waals surface area contributed by atoms with Crippen molar-refractivity contribution in [3.63, 3.8) is 0 Å². The number of hydrogen-bond donors (Lipinski definition) is 1. The smallest absolute Gasteiger partial charge is 0.121 e. The van der Waals surface area contributed by atoms with Gasteiger partial charge in [0.05, 0.1) is 18.2 Å². The lowest BCUT2D eigenvalue weighted by Gasteiger charge is -2.22. The first-order valence-electron chi connectivity index (χ1n) is 7.75. The number of aromatic nitrogens is 1. The zero-order valence-corrected chi connectivity index (χ0v) is 13.7. The van der Waals surface area contributed by atoms with Gasteiger partial charge in [0, 0.05) is 35.9 Å². The molecule has 3 rings (SSSR count). The molecule has 1 N–H and O–H groups in total. The van der Waals surface area contributed by atoms with Gasteiger partial charge < -0.3 is 14.8 Å². The number of rotatable bonds is 8. The summed E-state index contributed by atoms with van der Waals surface area (Å²) in [5.74, 6) is 1.58. The molecule has 1 aliphatic carbocycles. The predicted molar refractivity (Wildman–Crippen MR) is 89.8 cm³/mol. The van der Waals surface area contributed by atoms with E-state index >= 15 is 0 Å². The molecule has 0 unspecified atom stereocenters. The molecule has 4 nitrogen and oxygen atoms in total. The van der Waals surface area contributed by atoms with Crippen LogP contribution in [0.5, 0.6) is 5.75 Å². The average Bonchev–Trinajstić information content (AvgIpc) is 2.93. The topological polar surface area (TPSA) is 43.4 Å². The highest BCUT2D eigenvalue weighted by Gasteiger charge is 2.22. The fourth-order valence-corrected chi connectivity index (χ4v) is 3.40. The minimum absolute atomic E-state index is 0.569. The highest BCUT2D eigenvalue weighted by atomic mass is 32.1. The summed E-state index contributed by atoms with van der Waals surface area (Å²) in [6.45, 7) is 1.98. The summed E-state index contributed by atoms with van der Waals surface area (Å²) in [7, 11) is 1.67. The summed E-state index contributed by atoms with van der Waals surface area (Å²) in [5.41, 5.74) is 1.06. The van der Waals surface area contributed by atoms with Crippen LogP contribution in [-0.4, -0.2) is 25.3 Å². The van der Waals surface area contributed by atoms with Gasteiger partial charge in [-0.1, -0.05) is 12.5 Å². The lowest BCUT2D eigenvalue weighted by atomic mass is 9.86.